The minimum atomic E-state index is 0.00206. The number of hydrogen-bond acceptors (Lipinski definition) is 5. The normalized spacial score (nSPS) is 9.35. The molecule has 0 aliphatic heterocycles. The van der Waals surface area contributed by atoms with Crippen molar-refractivity contribution in [1.29, 1.82) is 10.5 Å². The largest absolute Gasteiger partial charge is 0.441 e. The molecule has 0 radical (unpaired) electrons. The van der Waals surface area contributed by atoms with E-state index < -0.39 is 0 Å². The number of allylic oxidation sites excluding steroid dienone is 1. The fourth-order valence-electron chi connectivity index (χ4n) is 1.42. The molecule has 0 aliphatic rings. The molecule has 2 rings (SSSR count). The van der Waals surface area contributed by atoms with Crippen LogP contribution in [-0.2, 0) is 0 Å². The summed E-state index contributed by atoms with van der Waals surface area (Å²) in [6.07, 6.45) is 1.35. The zero-order valence-corrected chi connectivity index (χ0v) is 9.06. The van der Waals surface area contributed by atoms with Gasteiger partial charge in [0.1, 0.15) is 23.2 Å². The molecule has 0 bridgehead atoms. The van der Waals surface area contributed by atoms with Gasteiger partial charge in [0.05, 0.1) is 5.69 Å². The maximum Gasteiger partial charge on any atom is 0.192 e. The second-order valence-corrected chi connectivity index (χ2v) is 3.31. The highest BCUT2D eigenvalue weighted by Crippen LogP contribution is 2.23. The van der Waals surface area contributed by atoms with Crippen LogP contribution >= 0.6 is 0 Å². The molecule has 0 aliphatic carbocycles. The zero-order valence-electron chi connectivity index (χ0n) is 9.06. The molecule has 1 heterocycles. The lowest BCUT2D eigenvalue weighted by Crippen LogP contribution is -1.90. The van der Waals surface area contributed by atoms with E-state index in [0.717, 1.165) is 0 Å². The second-order valence-electron chi connectivity index (χ2n) is 3.31. The van der Waals surface area contributed by atoms with E-state index in [9.17, 15) is 0 Å². The molecule has 82 valence electrons. The minimum Gasteiger partial charge on any atom is -0.441 e. The Morgan fingerprint density at radius 2 is 2.18 bits per heavy atom. The Labute approximate surface area is 97.6 Å². The van der Waals surface area contributed by atoms with Crippen LogP contribution in [0.4, 0.5) is 5.69 Å². The molecule has 0 spiro atoms. The second kappa shape index (κ2) is 4.38. The molecule has 0 saturated carbocycles. The Kier molecular flexibility index (Phi) is 2.76. The summed E-state index contributed by atoms with van der Waals surface area (Å²) < 4.78 is 5.37. The molecule has 5 nitrogen and oxygen atoms in total. The first-order valence-corrected chi connectivity index (χ1v) is 4.87. The Hall–Kier alpha value is -2.79. The van der Waals surface area contributed by atoms with Crippen LogP contribution in [0.2, 0.25) is 0 Å². The van der Waals surface area contributed by atoms with Gasteiger partial charge in [-0.1, -0.05) is 6.07 Å². The summed E-state index contributed by atoms with van der Waals surface area (Å²) in [5.74, 6) is 0.569. The van der Waals surface area contributed by atoms with Gasteiger partial charge in [-0.3, -0.25) is 0 Å². The fraction of sp³-hybridized carbons (Fsp3) is 0.0833. The SMILES string of the molecule is Cc1nc2c(NC=C(C#N)C#N)cccc2o1. The van der Waals surface area contributed by atoms with E-state index in [1.165, 1.54) is 6.20 Å². The van der Waals surface area contributed by atoms with Crippen molar-refractivity contribution in [1.82, 2.24) is 4.98 Å². The van der Waals surface area contributed by atoms with Crippen LogP contribution in [0.1, 0.15) is 5.89 Å². The van der Waals surface area contributed by atoms with Gasteiger partial charge in [0, 0.05) is 13.1 Å². The van der Waals surface area contributed by atoms with Crippen molar-refractivity contribution in [2.45, 2.75) is 6.92 Å². The van der Waals surface area contributed by atoms with Crippen LogP contribution in [0, 0.1) is 29.6 Å². The first-order chi connectivity index (χ1) is 8.24. The van der Waals surface area contributed by atoms with Crippen molar-refractivity contribution in [3.8, 4) is 12.1 Å². The first-order valence-electron chi connectivity index (χ1n) is 4.87. The van der Waals surface area contributed by atoms with E-state index >= 15 is 0 Å². The highest BCUT2D eigenvalue weighted by atomic mass is 16.3. The third-order valence-electron chi connectivity index (χ3n) is 2.14. The van der Waals surface area contributed by atoms with Crippen LogP contribution in [0.3, 0.4) is 0 Å². The van der Waals surface area contributed by atoms with E-state index in [4.69, 9.17) is 14.9 Å². The molecule has 0 fully saturated rings. The molecule has 17 heavy (non-hydrogen) atoms. The number of aromatic nitrogens is 1. The summed E-state index contributed by atoms with van der Waals surface area (Å²) in [5, 5.41) is 20.1. The highest BCUT2D eigenvalue weighted by Gasteiger charge is 2.06. The Bertz CT molecular complexity index is 654. The van der Waals surface area contributed by atoms with Gasteiger partial charge in [-0.15, -0.1) is 0 Å². The van der Waals surface area contributed by atoms with Crippen LogP contribution in [0.15, 0.2) is 34.4 Å². The van der Waals surface area contributed by atoms with E-state index in [1.807, 2.05) is 6.07 Å². The first kappa shape index (κ1) is 10.7. The summed E-state index contributed by atoms with van der Waals surface area (Å²) in [6.45, 7) is 1.76. The summed E-state index contributed by atoms with van der Waals surface area (Å²) >= 11 is 0. The van der Waals surface area contributed by atoms with Crippen molar-refractivity contribution in [2.75, 3.05) is 5.32 Å². The van der Waals surface area contributed by atoms with Crippen LogP contribution in [0.25, 0.3) is 11.1 Å². The monoisotopic (exact) mass is 224 g/mol. The van der Waals surface area contributed by atoms with Crippen molar-refractivity contribution in [3.05, 3.63) is 35.9 Å². The van der Waals surface area contributed by atoms with Gasteiger partial charge < -0.3 is 9.73 Å². The Balaban J connectivity index is 2.41. The standard InChI is InChI=1S/C12H8N4O/c1-8-16-12-10(3-2-4-11(12)17-8)15-7-9(5-13)6-14/h2-4,7,15H,1H3. The quantitative estimate of drug-likeness (QED) is 0.792. The number of nitrogens with one attached hydrogen (secondary N) is 1. The fourth-order valence-corrected chi connectivity index (χ4v) is 1.42. The third-order valence-corrected chi connectivity index (χ3v) is 2.14. The summed E-state index contributed by atoms with van der Waals surface area (Å²) in [6, 6.07) is 8.95. The van der Waals surface area contributed by atoms with Gasteiger partial charge in [-0.25, -0.2) is 4.98 Å². The van der Waals surface area contributed by atoms with E-state index in [1.54, 1.807) is 31.2 Å². The topological polar surface area (TPSA) is 85.6 Å². The average molecular weight is 224 g/mol. The van der Waals surface area contributed by atoms with Crippen molar-refractivity contribution < 1.29 is 4.42 Å². The van der Waals surface area contributed by atoms with Gasteiger partial charge >= 0.3 is 0 Å². The number of para-hydroxylation sites is 1. The number of anilines is 1. The number of hydrogen-bond donors (Lipinski definition) is 1. The minimum absolute atomic E-state index is 0.00206. The Morgan fingerprint density at radius 1 is 1.41 bits per heavy atom. The predicted molar refractivity (Wildman–Crippen MR) is 61.7 cm³/mol. The van der Waals surface area contributed by atoms with E-state index in [-0.39, 0.29) is 5.57 Å². The van der Waals surface area contributed by atoms with Crippen molar-refractivity contribution >= 4 is 16.8 Å². The molecule has 1 N–H and O–H groups in total. The molecule has 2 aromatic rings. The lowest BCUT2D eigenvalue weighted by atomic mass is 10.2. The number of fused-ring (bicyclic) bond motifs is 1. The van der Waals surface area contributed by atoms with Crippen molar-refractivity contribution in [2.24, 2.45) is 0 Å². The summed E-state index contributed by atoms with van der Waals surface area (Å²) in [5.41, 5.74) is 2.04. The molecular formula is C12H8N4O. The predicted octanol–water partition coefficient (Wildman–Crippen LogP) is 2.48. The number of benzene rings is 1. The van der Waals surface area contributed by atoms with Gasteiger partial charge in [-0.2, -0.15) is 10.5 Å². The molecular weight excluding hydrogens is 216 g/mol. The smallest absolute Gasteiger partial charge is 0.192 e. The molecule has 0 amide bonds. The molecule has 0 unspecified atom stereocenters. The number of oxazole rings is 1. The van der Waals surface area contributed by atoms with Gasteiger partial charge in [-0.05, 0) is 12.1 Å². The third kappa shape index (κ3) is 2.09. The maximum absolute atomic E-state index is 8.61. The van der Waals surface area contributed by atoms with Gasteiger partial charge in [0.15, 0.2) is 11.5 Å². The maximum atomic E-state index is 8.61. The van der Waals surface area contributed by atoms with Gasteiger partial charge in [0.2, 0.25) is 0 Å². The van der Waals surface area contributed by atoms with Gasteiger partial charge in [0.25, 0.3) is 0 Å². The summed E-state index contributed by atoms with van der Waals surface area (Å²) in [7, 11) is 0. The Morgan fingerprint density at radius 3 is 2.88 bits per heavy atom. The zero-order chi connectivity index (χ0) is 12.3. The molecule has 5 heteroatoms. The van der Waals surface area contributed by atoms with Crippen LogP contribution in [-0.4, -0.2) is 4.98 Å². The van der Waals surface area contributed by atoms with Crippen molar-refractivity contribution in [3.63, 3.8) is 0 Å². The number of aryl methyl sites for hydroxylation is 1. The molecule has 1 aromatic heterocycles. The van der Waals surface area contributed by atoms with E-state index in [2.05, 4.69) is 10.3 Å². The van der Waals surface area contributed by atoms with E-state index in [0.29, 0.717) is 22.7 Å². The number of rotatable bonds is 2. The molecule has 1 aromatic carbocycles. The summed E-state index contributed by atoms with van der Waals surface area (Å²) in [4.78, 5) is 4.22. The highest BCUT2D eigenvalue weighted by molar-refractivity contribution is 5.87. The molecule has 0 atom stereocenters. The number of nitrogens with zero attached hydrogens (tertiary/aromatic N) is 3. The van der Waals surface area contributed by atoms with Crippen LogP contribution < -0.4 is 5.32 Å². The average Bonchev–Trinajstić information content (AvgIpc) is 2.71. The lowest BCUT2D eigenvalue weighted by Gasteiger charge is -1.99. The molecule has 0 saturated heterocycles. The number of nitriles is 2. The lowest BCUT2D eigenvalue weighted by molar-refractivity contribution is 0.561. The van der Waals surface area contributed by atoms with Crippen LogP contribution in [0.5, 0.6) is 0 Å².